The van der Waals surface area contributed by atoms with Crippen LogP contribution in [-0.4, -0.2) is 39.8 Å². The van der Waals surface area contributed by atoms with Crippen LogP contribution in [0.4, 0.5) is 4.39 Å². The normalized spacial score (nSPS) is 19.5. The second-order valence-corrected chi connectivity index (χ2v) is 5.79. The SMILES string of the molecule is CN1CC(n2c(CCCl)nc3c(F)cccc32)CCC1=O. The number of fused-ring (bicyclic) bond motifs is 1. The van der Waals surface area contributed by atoms with E-state index < -0.39 is 0 Å². The lowest BCUT2D eigenvalue weighted by Gasteiger charge is -2.31. The van der Waals surface area contributed by atoms with Crippen molar-refractivity contribution < 1.29 is 9.18 Å². The van der Waals surface area contributed by atoms with Crippen LogP contribution in [0.25, 0.3) is 11.0 Å². The first kappa shape index (κ1) is 14.3. The van der Waals surface area contributed by atoms with Gasteiger partial charge in [-0.15, -0.1) is 11.6 Å². The van der Waals surface area contributed by atoms with Crippen LogP contribution < -0.4 is 0 Å². The van der Waals surface area contributed by atoms with Gasteiger partial charge in [-0.1, -0.05) is 6.07 Å². The standard InChI is InChI=1S/C15H17ClFN3O/c1-19-9-10(5-6-14(19)21)20-12-4-2-3-11(17)15(12)18-13(20)7-8-16/h2-4,10H,5-9H2,1H3. The summed E-state index contributed by atoms with van der Waals surface area (Å²) in [6.07, 6.45) is 1.85. The summed E-state index contributed by atoms with van der Waals surface area (Å²) >= 11 is 5.85. The Balaban J connectivity index is 2.09. The molecule has 1 atom stereocenters. The number of piperidine rings is 1. The Kier molecular flexibility index (Phi) is 3.85. The van der Waals surface area contributed by atoms with Gasteiger partial charge in [0.15, 0.2) is 5.82 Å². The van der Waals surface area contributed by atoms with Crippen molar-refractivity contribution in [2.75, 3.05) is 19.5 Å². The third-order valence-electron chi connectivity index (χ3n) is 4.03. The molecule has 0 bridgehead atoms. The number of carbonyl (C=O) groups is 1. The van der Waals surface area contributed by atoms with Gasteiger partial charge < -0.3 is 9.47 Å². The van der Waals surface area contributed by atoms with Gasteiger partial charge in [-0.2, -0.15) is 0 Å². The van der Waals surface area contributed by atoms with Crippen molar-refractivity contribution in [1.82, 2.24) is 14.5 Å². The summed E-state index contributed by atoms with van der Waals surface area (Å²) < 4.78 is 16.0. The van der Waals surface area contributed by atoms with Crippen LogP contribution in [0.15, 0.2) is 18.2 Å². The minimum Gasteiger partial charge on any atom is -0.344 e. The average Bonchev–Trinajstić information content (AvgIpc) is 2.82. The molecule has 2 aromatic rings. The van der Waals surface area contributed by atoms with Gasteiger partial charge in [0, 0.05) is 32.3 Å². The van der Waals surface area contributed by atoms with E-state index in [0.717, 1.165) is 17.8 Å². The first-order chi connectivity index (χ1) is 10.1. The zero-order chi connectivity index (χ0) is 15.0. The molecule has 1 aromatic carbocycles. The van der Waals surface area contributed by atoms with Crippen LogP contribution >= 0.6 is 11.6 Å². The highest BCUT2D eigenvalue weighted by Gasteiger charge is 2.27. The topological polar surface area (TPSA) is 38.1 Å². The number of likely N-dealkylation sites (N-methyl/N-ethyl adjacent to an activating group) is 1. The summed E-state index contributed by atoms with van der Waals surface area (Å²) in [6.45, 7) is 0.621. The molecule has 1 aliphatic heterocycles. The molecule has 1 unspecified atom stereocenters. The molecule has 0 aliphatic carbocycles. The molecule has 112 valence electrons. The van der Waals surface area contributed by atoms with E-state index in [1.54, 1.807) is 18.0 Å². The van der Waals surface area contributed by atoms with Crippen molar-refractivity contribution in [1.29, 1.82) is 0 Å². The van der Waals surface area contributed by atoms with Gasteiger partial charge in [0.25, 0.3) is 0 Å². The number of benzene rings is 1. The lowest BCUT2D eigenvalue weighted by Crippen LogP contribution is -2.38. The van der Waals surface area contributed by atoms with Crippen LogP contribution in [0.1, 0.15) is 24.7 Å². The number of alkyl halides is 1. The molecule has 2 heterocycles. The number of amides is 1. The molecule has 1 aromatic heterocycles. The number of hydrogen-bond donors (Lipinski definition) is 0. The monoisotopic (exact) mass is 309 g/mol. The number of imidazole rings is 1. The molecule has 6 heteroatoms. The van der Waals surface area contributed by atoms with Gasteiger partial charge in [0.05, 0.1) is 11.6 Å². The van der Waals surface area contributed by atoms with E-state index in [1.165, 1.54) is 6.07 Å². The van der Waals surface area contributed by atoms with Crippen molar-refractivity contribution in [2.45, 2.75) is 25.3 Å². The Morgan fingerprint density at radius 2 is 2.29 bits per heavy atom. The number of hydrogen-bond acceptors (Lipinski definition) is 2. The first-order valence-electron chi connectivity index (χ1n) is 7.07. The maximum Gasteiger partial charge on any atom is 0.222 e. The maximum atomic E-state index is 14.0. The maximum absolute atomic E-state index is 14.0. The van der Waals surface area contributed by atoms with Gasteiger partial charge in [-0.05, 0) is 18.6 Å². The van der Waals surface area contributed by atoms with E-state index in [2.05, 4.69) is 9.55 Å². The molecule has 1 aliphatic rings. The third-order valence-corrected chi connectivity index (χ3v) is 4.22. The van der Waals surface area contributed by atoms with Crippen LogP contribution in [-0.2, 0) is 11.2 Å². The molecule has 1 amide bonds. The van der Waals surface area contributed by atoms with Crippen LogP contribution in [0.2, 0.25) is 0 Å². The summed E-state index contributed by atoms with van der Waals surface area (Å²) in [4.78, 5) is 17.8. The molecule has 0 N–H and O–H groups in total. The molecular weight excluding hydrogens is 293 g/mol. The van der Waals surface area contributed by atoms with Gasteiger partial charge in [0.2, 0.25) is 5.91 Å². The quantitative estimate of drug-likeness (QED) is 0.818. The van der Waals surface area contributed by atoms with Crippen molar-refractivity contribution in [2.24, 2.45) is 0 Å². The highest BCUT2D eigenvalue weighted by molar-refractivity contribution is 6.17. The number of carbonyl (C=O) groups excluding carboxylic acids is 1. The van der Waals surface area contributed by atoms with E-state index in [9.17, 15) is 9.18 Å². The second-order valence-electron chi connectivity index (χ2n) is 5.41. The van der Waals surface area contributed by atoms with Gasteiger partial charge in [0.1, 0.15) is 11.3 Å². The van der Waals surface area contributed by atoms with E-state index in [1.807, 2.05) is 6.07 Å². The summed E-state index contributed by atoms with van der Waals surface area (Å²) in [6, 6.07) is 5.11. The number of halogens is 2. The Labute approximate surface area is 127 Å². The smallest absolute Gasteiger partial charge is 0.222 e. The largest absolute Gasteiger partial charge is 0.344 e. The summed E-state index contributed by atoms with van der Waals surface area (Å²) in [5.74, 6) is 1.06. The van der Waals surface area contributed by atoms with E-state index in [-0.39, 0.29) is 17.8 Å². The average molecular weight is 310 g/mol. The van der Waals surface area contributed by atoms with E-state index in [4.69, 9.17) is 11.6 Å². The number of para-hydroxylation sites is 1. The highest BCUT2D eigenvalue weighted by Crippen LogP contribution is 2.29. The molecule has 1 saturated heterocycles. The fraction of sp³-hybridized carbons (Fsp3) is 0.467. The fourth-order valence-corrected chi connectivity index (χ4v) is 3.17. The number of nitrogens with zero attached hydrogens (tertiary/aromatic N) is 3. The van der Waals surface area contributed by atoms with Crippen molar-refractivity contribution >= 4 is 28.5 Å². The highest BCUT2D eigenvalue weighted by atomic mass is 35.5. The lowest BCUT2D eigenvalue weighted by atomic mass is 10.0. The van der Waals surface area contributed by atoms with Crippen molar-refractivity contribution in [3.05, 3.63) is 29.8 Å². The van der Waals surface area contributed by atoms with Crippen LogP contribution in [0.5, 0.6) is 0 Å². The Morgan fingerprint density at radius 1 is 1.48 bits per heavy atom. The van der Waals surface area contributed by atoms with Crippen molar-refractivity contribution in [3.8, 4) is 0 Å². The molecule has 3 rings (SSSR count). The van der Waals surface area contributed by atoms with Gasteiger partial charge >= 0.3 is 0 Å². The van der Waals surface area contributed by atoms with Crippen LogP contribution in [0.3, 0.4) is 0 Å². The van der Waals surface area contributed by atoms with Crippen LogP contribution in [0, 0.1) is 5.82 Å². The Hall–Kier alpha value is -1.62. The molecular formula is C15H17ClFN3O. The summed E-state index contributed by atoms with van der Waals surface area (Å²) in [5, 5.41) is 0. The number of aromatic nitrogens is 2. The molecule has 0 spiro atoms. The van der Waals surface area contributed by atoms with Gasteiger partial charge in [-0.25, -0.2) is 9.37 Å². The number of aryl methyl sites for hydroxylation is 1. The molecule has 0 radical (unpaired) electrons. The first-order valence-corrected chi connectivity index (χ1v) is 7.60. The Bertz CT molecular complexity index is 685. The number of rotatable bonds is 3. The van der Waals surface area contributed by atoms with E-state index >= 15 is 0 Å². The van der Waals surface area contributed by atoms with E-state index in [0.29, 0.717) is 30.8 Å². The zero-order valence-electron chi connectivity index (χ0n) is 11.9. The molecule has 4 nitrogen and oxygen atoms in total. The second kappa shape index (κ2) is 5.64. The predicted octanol–water partition coefficient (Wildman–Crippen LogP) is 2.75. The summed E-state index contributed by atoms with van der Waals surface area (Å²) in [7, 11) is 1.80. The predicted molar refractivity (Wildman–Crippen MR) is 80.0 cm³/mol. The van der Waals surface area contributed by atoms with Crippen molar-refractivity contribution in [3.63, 3.8) is 0 Å². The molecule has 1 fully saturated rings. The fourth-order valence-electron chi connectivity index (χ4n) is 3.00. The third kappa shape index (κ3) is 2.50. The Morgan fingerprint density at radius 3 is 3.00 bits per heavy atom. The summed E-state index contributed by atoms with van der Waals surface area (Å²) in [5.41, 5.74) is 1.17. The molecule has 21 heavy (non-hydrogen) atoms. The van der Waals surface area contributed by atoms with Gasteiger partial charge in [-0.3, -0.25) is 4.79 Å². The number of likely N-dealkylation sites (tertiary alicyclic amines) is 1. The molecule has 0 saturated carbocycles. The minimum absolute atomic E-state index is 0.123. The zero-order valence-corrected chi connectivity index (χ0v) is 12.6. The lowest BCUT2D eigenvalue weighted by molar-refractivity contribution is -0.132. The minimum atomic E-state index is -0.317.